The Bertz CT molecular complexity index is 600. The molecule has 2 saturated heterocycles. The summed E-state index contributed by atoms with van der Waals surface area (Å²) >= 11 is 0. The zero-order valence-corrected chi connectivity index (χ0v) is 13.3. The Kier molecular flexibility index (Phi) is 4.02. The molecule has 0 bridgehead atoms. The van der Waals surface area contributed by atoms with Crippen LogP contribution in [-0.4, -0.2) is 59.5 Å². The molecular formula is C13H22N4O3S. The number of hydrogen-bond donors (Lipinski definition) is 1. The Labute approximate surface area is 125 Å². The number of piperidine rings is 1. The third-order valence-corrected chi connectivity index (χ3v) is 6.39. The van der Waals surface area contributed by atoms with E-state index in [0.29, 0.717) is 38.0 Å². The van der Waals surface area contributed by atoms with E-state index in [9.17, 15) is 8.42 Å². The van der Waals surface area contributed by atoms with Crippen molar-refractivity contribution in [2.75, 3.05) is 25.4 Å². The molecule has 3 heterocycles. The van der Waals surface area contributed by atoms with Gasteiger partial charge in [-0.1, -0.05) is 0 Å². The smallest absolute Gasteiger partial charge is 0.213 e. The fraction of sp³-hybridized carbons (Fsp3) is 0.846. The molecule has 0 spiro atoms. The molecule has 3 atom stereocenters. The van der Waals surface area contributed by atoms with Crippen LogP contribution in [0.2, 0.25) is 0 Å². The van der Waals surface area contributed by atoms with Gasteiger partial charge in [-0.15, -0.1) is 0 Å². The van der Waals surface area contributed by atoms with Crippen molar-refractivity contribution in [2.24, 2.45) is 11.8 Å². The first-order valence-corrected chi connectivity index (χ1v) is 9.08. The molecule has 7 nitrogen and oxygen atoms in total. The number of sulfonamides is 1. The summed E-state index contributed by atoms with van der Waals surface area (Å²) in [6.07, 6.45) is 1.67. The molecule has 0 saturated carbocycles. The summed E-state index contributed by atoms with van der Waals surface area (Å²) in [5, 5.41) is 7.01. The molecule has 118 valence electrons. The van der Waals surface area contributed by atoms with Gasteiger partial charge in [-0.05, 0) is 26.2 Å². The highest BCUT2D eigenvalue weighted by atomic mass is 32.2. The normalized spacial score (nSPS) is 30.5. The fourth-order valence-electron chi connectivity index (χ4n) is 3.36. The first-order valence-electron chi connectivity index (χ1n) is 7.47. The van der Waals surface area contributed by atoms with Gasteiger partial charge in [0.1, 0.15) is 5.82 Å². The van der Waals surface area contributed by atoms with E-state index < -0.39 is 10.0 Å². The number of nitrogens with zero attached hydrogens (tertiary/aromatic N) is 3. The first kappa shape index (κ1) is 14.9. The van der Waals surface area contributed by atoms with Crippen molar-refractivity contribution in [1.29, 1.82) is 0 Å². The predicted octanol–water partition coefficient (Wildman–Crippen LogP) is 0.342. The first-order chi connectivity index (χ1) is 9.99. The summed E-state index contributed by atoms with van der Waals surface area (Å²) in [5.74, 6) is 2.47. The number of hydrogen-bond acceptors (Lipinski definition) is 5. The fourth-order valence-corrected chi connectivity index (χ4v) is 4.53. The lowest BCUT2D eigenvalue weighted by Crippen LogP contribution is -2.45. The van der Waals surface area contributed by atoms with Crippen molar-refractivity contribution in [2.45, 2.75) is 32.8 Å². The maximum atomic E-state index is 12.0. The van der Waals surface area contributed by atoms with Crippen LogP contribution in [0.4, 0.5) is 0 Å². The van der Waals surface area contributed by atoms with Gasteiger partial charge in [0.05, 0.1) is 18.5 Å². The number of rotatable bonds is 4. The minimum atomic E-state index is -3.08. The number of aryl methyl sites for hydroxylation is 1. The number of fused-ring (bicyclic) bond motifs is 1. The summed E-state index contributed by atoms with van der Waals surface area (Å²) in [4.78, 5) is 4.33. The molecule has 0 aliphatic carbocycles. The Morgan fingerprint density at radius 3 is 2.95 bits per heavy atom. The molecule has 3 rings (SSSR count). The van der Waals surface area contributed by atoms with Crippen molar-refractivity contribution < 1.29 is 13.2 Å². The van der Waals surface area contributed by atoms with E-state index in [1.165, 1.54) is 0 Å². The maximum Gasteiger partial charge on any atom is 0.213 e. The van der Waals surface area contributed by atoms with Crippen molar-refractivity contribution in [3.8, 4) is 0 Å². The highest BCUT2D eigenvalue weighted by Gasteiger charge is 2.43. The van der Waals surface area contributed by atoms with Crippen molar-refractivity contribution in [3.05, 3.63) is 11.6 Å². The van der Waals surface area contributed by atoms with Crippen molar-refractivity contribution >= 4 is 10.0 Å². The number of ether oxygens (including phenoxy) is 1. The number of nitrogens with one attached hydrogen (secondary N) is 1. The molecule has 2 aliphatic heterocycles. The predicted molar refractivity (Wildman–Crippen MR) is 77.2 cm³/mol. The highest BCUT2D eigenvalue weighted by Crippen LogP contribution is 2.36. The molecule has 0 radical (unpaired) electrons. The Hall–Kier alpha value is -0.990. The summed E-state index contributed by atoms with van der Waals surface area (Å²) in [6, 6.07) is 0. The zero-order chi connectivity index (χ0) is 15.0. The molecule has 0 aromatic carbocycles. The topological polar surface area (TPSA) is 88.2 Å². The van der Waals surface area contributed by atoms with Crippen LogP contribution < -0.4 is 0 Å². The molecule has 1 aromatic rings. The molecule has 2 aliphatic rings. The summed E-state index contributed by atoms with van der Waals surface area (Å²) in [5.41, 5.74) is 0. The van der Waals surface area contributed by atoms with Crippen LogP contribution in [0.1, 0.15) is 25.0 Å². The summed E-state index contributed by atoms with van der Waals surface area (Å²) < 4.78 is 31.5. The van der Waals surface area contributed by atoms with Crippen LogP contribution >= 0.6 is 0 Å². The molecule has 2 fully saturated rings. The number of aromatic nitrogens is 3. The number of H-pyrrole nitrogens is 1. The van der Waals surface area contributed by atoms with Gasteiger partial charge in [-0.2, -0.15) is 5.10 Å². The molecule has 1 aromatic heterocycles. The summed E-state index contributed by atoms with van der Waals surface area (Å²) in [6.45, 7) is 5.40. The monoisotopic (exact) mass is 314 g/mol. The highest BCUT2D eigenvalue weighted by molar-refractivity contribution is 7.89. The van der Waals surface area contributed by atoms with Crippen LogP contribution in [0.3, 0.4) is 0 Å². The van der Waals surface area contributed by atoms with Gasteiger partial charge < -0.3 is 4.74 Å². The lowest BCUT2D eigenvalue weighted by molar-refractivity contribution is 0.0867. The average Bonchev–Trinajstić information content (AvgIpc) is 3.06. The zero-order valence-electron chi connectivity index (χ0n) is 12.4. The van der Waals surface area contributed by atoms with Gasteiger partial charge in [-0.25, -0.2) is 17.7 Å². The molecule has 0 unspecified atom stereocenters. The van der Waals surface area contributed by atoms with Gasteiger partial charge in [0.15, 0.2) is 5.82 Å². The molecule has 8 heteroatoms. The van der Waals surface area contributed by atoms with Gasteiger partial charge in [0.2, 0.25) is 10.0 Å². The second kappa shape index (κ2) is 5.66. The van der Waals surface area contributed by atoms with E-state index in [1.807, 2.05) is 6.92 Å². The minimum Gasteiger partial charge on any atom is -0.377 e. The van der Waals surface area contributed by atoms with Crippen LogP contribution in [-0.2, 0) is 21.2 Å². The van der Waals surface area contributed by atoms with Gasteiger partial charge in [-0.3, -0.25) is 5.10 Å². The Morgan fingerprint density at radius 1 is 1.48 bits per heavy atom. The van der Waals surface area contributed by atoms with E-state index in [4.69, 9.17) is 4.74 Å². The van der Waals surface area contributed by atoms with Crippen LogP contribution in [0.15, 0.2) is 0 Å². The second-order valence-electron chi connectivity index (χ2n) is 5.88. The van der Waals surface area contributed by atoms with Gasteiger partial charge in [0, 0.05) is 25.4 Å². The van der Waals surface area contributed by atoms with Crippen molar-refractivity contribution in [1.82, 2.24) is 19.5 Å². The van der Waals surface area contributed by atoms with E-state index in [1.54, 1.807) is 11.2 Å². The van der Waals surface area contributed by atoms with Gasteiger partial charge in [0.25, 0.3) is 0 Å². The lowest BCUT2D eigenvalue weighted by Gasteiger charge is -2.34. The van der Waals surface area contributed by atoms with E-state index in [-0.39, 0.29) is 11.9 Å². The van der Waals surface area contributed by atoms with Crippen LogP contribution in [0.25, 0.3) is 0 Å². The number of aromatic amines is 1. The molecule has 1 N–H and O–H groups in total. The standard InChI is InChI=1S/C13H22N4O3S/c1-3-21(18,19)17-5-4-11-10(7-17)8-20-12(11)6-13-14-9(2)15-16-13/h10-12H,3-8H2,1-2H3,(H,14,15,16)/t10-,11-,12+/m1/s1. The third-order valence-electron chi connectivity index (χ3n) is 4.54. The van der Waals surface area contributed by atoms with Crippen LogP contribution in [0.5, 0.6) is 0 Å². The van der Waals surface area contributed by atoms with E-state index in [0.717, 1.165) is 18.1 Å². The summed E-state index contributed by atoms with van der Waals surface area (Å²) in [7, 11) is -3.08. The maximum absolute atomic E-state index is 12.0. The quantitative estimate of drug-likeness (QED) is 0.866. The lowest BCUT2D eigenvalue weighted by atomic mass is 9.84. The second-order valence-corrected chi connectivity index (χ2v) is 8.14. The van der Waals surface area contributed by atoms with E-state index in [2.05, 4.69) is 15.2 Å². The third kappa shape index (κ3) is 2.97. The van der Waals surface area contributed by atoms with Crippen LogP contribution in [0, 0.1) is 18.8 Å². The van der Waals surface area contributed by atoms with E-state index >= 15 is 0 Å². The molecular weight excluding hydrogens is 292 g/mol. The molecule has 0 amide bonds. The SMILES string of the molecule is CCS(=O)(=O)N1CC[C@@H]2[C@@H](CO[C@H]2Cc2n[nH]c(C)n2)C1. The minimum absolute atomic E-state index is 0.108. The molecule has 21 heavy (non-hydrogen) atoms. The largest absolute Gasteiger partial charge is 0.377 e. The average molecular weight is 314 g/mol. The van der Waals surface area contributed by atoms with Crippen molar-refractivity contribution in [3.63, 3.8) is 0 Å². The Balaban J connectivity index is 1.64. The van der Waals surface area contributed by atoms with Gasteiger partial charge >= 0.3 is 0 Å². The Morgan fingerprint density at radius 2 is 2.29 bits per heavy atom.